The molecule has 130 valence electrons. The van der Waals surface area contributed by atoms with Crippen LogP contribution in [0, 0.1) is 18.6 Å². The Morgan fingerprint density at radius 2 is 2.12 bits per heavy atom. The monoisotopic (exact) mass is 370 g/mol. The summed E-state index contributed by atoms with van der Waals surface area (Å²) < 4.78 is 4.80. The zero-order valence-electron chi connectivity index (χ0n) is 14.6. The quantitative estimate of drug-likeness (QED) is 0.613. The van der Waals surface area contributed by atoms with Gasteiger partial charge in [0.1, 0.15) is 5.82 Å². The Balaban J connectivity index is 1.64. The second kappa shape index (κ2) is 6.86. The minimum Gasteiger partial charge on any atom is -0.276 e. The van der Waals surface area contributed by atoms with Crippen LogP contribution in [0.1, 0.15) is 35.1 Å². The van der Waals surface area contributed by atoms with Gasteiger partial charge < -0.3 is 0 Å². The number of likely N-dealkylation sites (tertiary alicyclic amines) is 1. The molecule has 1 saturated heterocycles. The smallest absolute Gasteiger partial charge is 0.203 e. The number of aryl methyl sites for hydroxylation is 2. The van der Waals surface area contributed by atoms with Crippen LogP contribution in [0.2, 0.25) is 0 Å². The summed E-state index contributed by atoms with van der Waals surface area (Å²) >= 11 is 7.59. The Morgan fingerprint density at radius 3 is 2.88 bits per heavy atom. The maximum Gasteiger partial charge on any atom is 0.203 e. The van der Waals surface area contributed by atoms with Gasteiger partial charge in [-0.05, 0) is 68.0 Å². The van der Waals surface area contributed by atoms with Gasteiger partial charge in [-0.15, -0.1) is 11.3 Å². The van der Waals surface area contributed by atoms with Crippen LogP contribution in [0.15, 0.2) is 41.8 Å². The molecule has 25 heavy (non-hydrogen) atoms. The first-order valence-electron chi connectivity index (χ1n) is 8.64. The normalized spacial score (nSPS) is 18.1. The van der Waals surface area contributed by atoms with Crippen molar-refractivity contribution in [2.45, 2.75) is 39.4 Å². The highest BCUT2D eigenvalue weighted by molar-refractivity contribution is 7.71. The number of benzene rings is 1. The summed E-state index contributed by atoms with van der Waals surface area (Å²) in [5.74, 6) is 0.933. The van der Waals surface area contributed by atoms with Crippen LogP contribution < -0.4 is 0 Å². The molecular weight excluding hydrogens is 348 g/mol. The van der Waals surface area contributed by atoms with Gasteiger partial charge in [0, 0.05) is 23.2 Å². The minimum absolute atomic E-state index is 0.492. The number of nitrogens with zero attached hydrogens (tertiary/aromatic N) is 4. The summed E-state index contributed by atoms with van der Waals surface area (Å²) in [7, 11) is 0. The van der Waals surface area contributed by atoms with Gasteiger partial charge in [-0.3, -0.25) is 9.47 Å². The molecule has 1 fully saturated rings. The van der Waals surface area contributed by atoms with Crippen molar-refractivity contribution >= 4 is 23.6 Å². The summed E-state index contributed by atoms with van der Waals surface area (Å²) in [5.41, 5.74) is 2.31. The van der Waals surface area contributed by atoms with Gasteiger partial charge in [-0.2, -0.15) is 5.10 Å². The molecule has 4 rings (SSSR count). The fourth-order valence-electron chi connectivity index (χ4n) is 3.64. The van der Waals surface area contributed by atoms with E-state index >= 15 is 0 Å². The molecular formula is C19H22N4S2. The standard InChI is InChI=1S/C19H22N4S2/c1-14-6-3-7-16(12-14)23-15(2)20-22(19(23)24)13-21-10-4-8-17(21)18-9-5-11-25-18/h3,5-7,9,11-12,17H,4,8,10,13H2,1-2H3/t17-/m0/s1. The summed E-state index contributed by atoms with van der Waals surface area (Å²) in [6, 6.07) is 13.3. The third-order valence-electron chi connectivity index (χ3n) is 4.81. The van der Waals surface area contributed by atoms with Crippen molar-refractivity contribution in [1.82, 2.24) is 19.2 Å². The van der Waals surface area contributed by atoms with Crippen LogP contribution in [0.5, 0.6) is 0 Å². The Morgan fingerprint density at radius 1 is 1.24 bits per heavy atom. The van der Waals surface area contributed by atoms with Gasteiger partial charge >= 0.3 is 0 Å². The van der Waals surface area contributed by atoms with Crippen LogP contribution in [-0.4, -0.2) is 25.8 Å². The third kappa shape index (κ3) is 3.21. The van der Waals surface area contributed by atoms with Crippen molar-refractivity contribution in [2.75, 3.05) is 6.54 Å². The predicted octanol–water partition coefficient (Wildman–Crippen LogP) is 4.88. The van der Waals surface area contributed by atoms with E-state index in [9.17, 15) is 0 Å². The van der Waals surface area contributed by atoms with Crippen LogP contribution in [-0.2, 0) is 6.67 Å². The van der Waals surface area contributed by atoms with Crippen molar-refractivity contribution in [3.8, 4) is 5.69 Å². The van der Waals surface area contributed by atoms with Gasteiger partial charge in [0.2, 0.25) is 4.77 Å². The Bertz CT molecular complexity index is 923. The van der Waals surface area contributed by atoms with Crippen LogP contribution in [0.25, 0.3) is 5.69 Å². The topological polar surface area (TPSA) is 26.0 Å². The van der Waals surface area contributed by atoms with Gasteiger partial charge in [0.05, 0.1) is 6.67 Å². The molecule has 1 aromatic carbocycles. The molecule has 0 saturated carbocycles. The van der Waals surface area contributed by atoms with Crippen molar-refractivity contribution < 1.29 is 0 Å². The van der Waals surface area contributed by atoms with Gasteiger partial charge in [0.15, 0.2) is 0 Å². The van der Waals surface area contributed by atoms with Crippen molar-refractivity contribution in [2.24, 2.45) is 0 Å². The van der Waals surface area contributed by atoms with Crippen molar-refractivity contribution in [3.05, 3.63) is 62.8 Å². The lowest BCUT2D eigenvalue weighted by Crippen LogP contribution is -2.26. The Kier molecular flexibility index (Phi) is 4.58. The molecule has 6 heteroatoms. The first-order valence-corrected chi connectivity index (χ1v) is 9.93. The van der Waals surface area contributed by atoms with E-state index in [1.807, 2.05) is 22.9 Å². The summed E-state index contributed by atoms with van der Waals surface area (Å²) in [6.07, 6.45) is 2.44. The first kappa shape index (κ1) is 16.7. The van der Waals surface area contributed by atoms with Gasteiger partial charge in [-0.1, -0.05) is 18.2 Å². The first-order chi connectivity index (χ1) is 12.1. The Labute approximate surface area is 157 Å². The van der Waals surface area contributed by atoms with E-state index in [0.29, 0.717) is 6.04 Å². The van der Waals surface area contributed by atoms with E-state index in [4.69, 9.17) is 17.3 Å². The molecule has 0 amide bonds. The molecule has 0 spiro atoms. The summed E-state index contributed by atoms with van der Waals surface area (Å²) in [4.78, 5) is 3.94. The Hall–Kier alpha value is -1.76. The maximum absolute atomic E-state index is 5.75. The highest BCUT2D eigenvalue weighted by Crippen LogP contribution is 2.34. The van der Waals surface area contributed by atoms with Crippen LogP contribution >= 0.6 is 23.6 Å². The number of hydrogen-bond acceptors (Lipinski definition) is 4. The van der Waals surface area contributed by atoms with Crippen LogP contribution in [0.3, 0.4) is 0 Å². The molecule has 0 radical (unpaired) electrons. The van der Waals surface area contributed by atoms with E-state index in [2.05, 4.69) is 58.2 Å². The highest BCUT2D eigenvalue weighted by atomic mass is 32.1. The number of rotatable bonds is 4. The number of aromatic nitrogens is 3. The molecule has 2 aromatic heterocycles. The SMILES string of the molecule is Cc1cccc(-n2c(C)nn(CN3CCC[C@H]3c3cccs3)c2=S)c1. The zero-order chi connectivity index (χ0) is 17.4. The average Bonchev–Trinajstić information content (AvgIpc) is 3.29. The summed E-state index contributed by atoms with van der Waals surface area (Å²) in [5, 5.41) is 6.89. The molecule has 4 nitrogen and oxygen atoms in total. The second-order valence-electron chi connectivity index (χ2n) is 6.63. The molecule has 3 heterocycles. The van der Waals surface area contributed by atoms with E-state index in [-0.39, 0.29) is 0 Å². The molecule has 0 bridgehead atoms. The fourth-order valence-corrected chi connectivity index (χ4v) is 4.87. The summed E-state index contributed by atoms with van der Waals surface area (Å²) in [6.45, 7) is 5.97. The van der Waals surface area contributed by atoms with Crippen LogP contribution in [0.4, 0.5) is 0 Å². The molecule has 0 unspecified atom stereocenters. The maximum atomic E-state index is 5.75. The van der Waals surface area contributed by atoms with Gasteiger partial charge in [0.25, 0.3) is 0 Å². The fraction of sp³-hybridized carbons (Fsp3) is 0.368. The zero-order valence-corrected chi connectivity index (χ0v) is 16.2. The number of thiophene rings is 1. The molecule has 0 aliphatic carbocycles. The van der Waals surface area contributed by atoms with E-state index < -0.39 is 0 Å². The third-order valence-corrected chi connectivity index (χ3v) is 6.18. The molecule has 3 aromatic rings. The second-order valence-corrected chi connectivity index (χ2v) is 7.98. The van der Waals surface area contributed by atoms with Crippen molar-refractivity contribution in [1.29, 1.82) is 0 Å². The lowest BCUT2D eigenvalue weighted by Gasteiger charge is -2.23. The van der Waals surface area contributed by atoms with E-state index in [0.717, 1.165) is 29.5 Å². The highest BCUT2D eigenvalue weighted by Gasteiger charge is 2.27. The average molecular weight is 371 g/mol. The molecule has 1 aliphatic heterocycles. The lowest BCUT2D eigenvalue weighted by atomic mass is 10.2. The van der Waals surface area contributed by atoms with Crippen molar-refractivity contribution in [3.63, 3.8) is 0 Å². The van der Waals surface area contributed by atoms with Gasteiger partial charge in [-0.25, -0.2) is 4.68 Å². The minimum atomic E-state index is 0.492. The number of hydrogen-bond donors (Lipinski definition) is 0. The lowest BCUT2D eigenvalue weighted by molar-refractivity contribution is 0.192. The molecule has 1 aliphatic rings. The largest absolute Gasteiger partial charge is 0.276 e. The van der Waals surface area contributed by atoms with E-state index in [1.54, 1.807) is 0 Å². The molecule has 0 N–H and O–H groups in total. The molecule has 1 atom stereocenters. The van der Waals surface area contributed by atoms with E-state index in [1.165, 1.54) is 23.3 Å². The predicted molar refractivity (Wildman–Crippen MR) is 105 cm³/mol.